The first kappa shape index (κ1) is 37.9. The summed E-state index contributed by atoms with van der Waals surface area (Å²) in [5.41, 5.74) is 1.88. The van der Waals surface area contributed by atoms with Crippen molar-refractivity contribution >= 4 is 67.0 Å². The molecule has 0 aliphatic heterocycles. The van der Waals surface area contributed by atoms with Crippen molar-refractivity contribution in [2.75, 3.05) is 49.8 Å². The van der Waals surface area contributed by atoms with Gasteiger partial charge >= 0.3 is 6.09 Å². The molecule has 0 radical (unpaired) electrons. The molecule has 0 spiro atoms. The average molecular weight is 755 g/mol. The van der Waals surface area contributed by atoms with Gasteiger partial charge in [0, 0.05) is 61.5 Å². The van der Waals surface area contributed by atoms with E-state index >= 15 is 4.39 Å². The molecule has 0 aliphatic carbocycles. The predicted molar refractivity (Wildman–Crippen MR) is 210 cm³/mol. The van der Waals surface area contributed by atoms with Gasteiger partial charge in [0.1, 0.15) is 5.60 Å². The number of para-hydroxylation sites is 1. The molecule has 3 aromatic heterocycles. The summed E-state index contributed by atoms with van der Waals surface area (Å²) < 4.78 is 52.0. The molecule has 0 saturated heterocycles. The number of hydrogen-bond acceptors (Lipinski definition) is 10. The third-order valence-electron chi connectivity index (χ3n) is 8.45. The van der Waals surface area contributed by atoms with Crippen LogP contribution in [-0.2, 0) is 25.3 Å². The fourth-order valence-corrected chi connectivity index (χ4v) is 7.50. The van der Waals surface area contributed by atoms with Gasteiger partial charge < -0.3 is 25.2 Å². The third kappa shape index (κ3) is 8.21. The number of hydrogen-bond donors (Lipinski definition) is 2. The lowest BCUT2D eigenvalue weighted by Gasteiger charge is -2.25. The number of ether oxygens (including phenoxy) is 1. The highest BCUT2D eigenvalue weighted by molar-refractivity contribution is 7.89. The van der Waals surface area contributed by atoms with Crippen LogP contribution in [0.4, 0.5) is 32.2 Å². The zero-order valence-electron chi connectivity index (χ0n) is 31.2. The second-order valence-corrected chi connectivity index (χ2v) is 16.1. The van der Waals surface area contributed by atoms with Gasteiger partial charge in [-0.2, -0.15) is 4.98 Å². The quantitative estimate of drug-likeness (QED) is 0.141. The Labute approximate surface area is 313 Å². The second-order valence-electron chi connectivity index (χ2n) is 14.3. The van der Waals surface area contributed by atoms with Gasteiger partial charge in [0.05, 0.1) is 28.3 Å². The normalized spacial score (nSPS) is 12.0. The topological polar surface area (TPSA) is 144 Å². The Hall–Kier alpha value is -5.80. The van der Waals surface area contributed by atoms with Gasteiger partial charge in [0.15, 0.2) is 11.5 Å². The van der Waals surface area contributed by atoms with Crippen molar-refractivity contribution in [3.8, 4) is 11.3 Å². The number of carbonyl (C=O) groups is 2. The standard InChI is InChI=1S/C39H43FN8O5S/c1-25(49)41-32-22-27(21-31(40)35(32)46(7)20-19-45(5)6)42-37-43-34(30-23-47(38(50)53-39(2,3)4)33-16-12-11-15-28(30)33)29-17-18-48(36(29)44-37)54(51,52)24-26-13-9-8-10-14-26/h8-18,21-23H,19-20,24H2,1-7H3,(H,41,49)(H,42,43,44). The highest BCUT2D eigenvalue weighted by Gasteiger charge is 2.26. The van der Waals surface area contributed by atoms with Crippen LogP contribution in [0.2, 0.25) is 0 Å². The lowest BCUT2D eigenvalue weighted by Crippen LogP contribution is -2.30. The van der Waals surface area contributed by atoms with Crippen LogP contribution in [0.15, 0.2) is 85.2 Å². The molecular formula is C39H43FN8O5S. The van der Waals surface area contributed by atoms with E-state index in [0.717, 1.165) is 3.97 Å². The van der Waals surface area contributed by atoms with Crippen LogP contribution in [0.5, 0.6) is 0 Å². The molecule has 0 unspecified atom stereocenters. The monoisotopic (exact) mass is 754 g/mol. The number of benzene rings is 3. The van der Waals surface area contributed by atoms with E-state index in [1.807, 2.05) is 31.1 Å². The fourth-order valence-electron chi connectivity index (χ4n) is 6.10. The molecule has 15 heteroatoms. The summed E-state index contributed by atoms with van der Waals surface area (Å²) in [5, 5.41) is 6.83. The number of anilines is 4. The zero-order valence-corrected chi connectivity index (χ0v) is 32.0. The minimum absolute atomic E-state index is 0.0525. The average Bonchev–Trinajstić information content (AvgIpc) is 3.69. The number of fused-ring (bicyclic) bond motifs is 2. The Morgan fingerprint density at radius 2 is 1.63 bits per heavy atom. The van der Waals surface area contributed by atoms with Gasteiger partial charge in [0.2, 0.25) is 21.9 Å². The molecule has 6 rings (SSSR count). The number of nitrogens with zero attached hydrogens (tertiary/aromatic N) is 6. The summed E-state index contributed by atoms with van der Waals surface area (Å²) in [6.07, 6.45) is 2.42. The van der Waals surface area contributed by atoms with Gasteiger partial charge in [-0.15, -0.1) is 0 Å². The molecule has 13 nitrogen and oxygen atoms in total. The van der Waals surface area contributed by atoms with Gasteiger partial charge in [-0.05, 0) is 64.7 Å². The van der Waals surface area contributed by atoms with Crippen LogP contribution in [0.3, 0.4) is 0 Å². The molecule has 3 aromatic carbocycles. The van der Waals surface area contributed by atoms with Crippen LogP contribution in [-0.4, -0.2) is 83.7 Å². The van der Waals surface area contributed by atoms with E-state index in [4.69, 9.17) is 9.72 Å². The second kappa shape index (κ2) is 14.9. The molecule has 0 aliphatic rings. The van der Waals surface area contributed by atoms with Crippen LogP contribution in [0, 0.1) is 5.82 Å². The van der Waals surface area contributed by atoms with E-state index in [1.54, 1.807) is 93.5 Å². The van der Waals surface area contributed by atoms with E-state index in [-0.39, 0.29) is 34.4 Å². The van der Waals surface area contributed by atoms with Crippen molar-refractivity contribution < 1.29 is 27.1 Å². The Morgan fingerprint density at radius 3 is 2.31 bits per heavy atom. The Kier molecular flexibility index (Phi) is 10.5. The SMILES string of the molecule is CC(=O)Nc1cc(Nc2nc(-c3cn(C(=O)OC(C)(C)C)c4ccccc34)c3ccn(S(=O)(=O)Cc4ccccc4)c3n2)cc(F)c1N(C)CCN(C)C. The van der Waals surface area contributed by atoms with Crippen LogP contribution >= 0.6 is 0 Å². The molecule has 0 atom stereocenters. The number of rotatable bonds is 11. The van der Waals surface area contributed by atoms with Crippen molar-refractivity contribution in [1.82, 2.24) is 23.4 Å². The third-order valence-corrected chi connectivity index (χ3v) is 10.0. The summed E-state index contributed by atoms with van der Waals surface area (Å²) in [6, 6.07) is 20.5. The summed E-state index contributed by atoms with van der Waals surface area (Å²) in [5.74, 6) is -1.35. The van der Waals surface area contributed by atoms with E-state index in [9.17, 15) is 18.0 Å². The molecule has 3 heterocycles. The maximum atomic E-state index is 16.0. The van der Waals surface area contributed by atoms with Gasteiger partial charge in [-0.1, -0.05) is 48.5 Å². The van der Waals surface area contributed by atoms with Crippen molar-refractivity contribution in [3.05, 3.63) is 96.6 Å². The maximum absolute atomic E-state index is 16.0. The molecule has 0 fully saturated rings. The predicted octanol–water partition coefficient (Wildman–Crippen LogP) is 7.05. The first-order valence-electron chi connectivity index (χ1n) is 17.2. The molecule has 282 valence electrons. The van der Waals surface area contributed by atoms with Crippen LogP contribution in [0.25, 0.3) is 33.2 Å². The van der Waals surface area contributed by atoms with E-state index in [1.165, 1.54) is 23.8 Å². The zero-order chi connectivity index (χ0) is 38.9. The highest BCUT2D eigenvalue weighted by atomic mass is 32.2. The molecule has 0 bridgehead atoms. The van der Waals surface area contributed by atoms with Crippen molar-refractivity contribution in [2.24, 2.45) is 0 Å². The minimum atomic E-state index is -4.01. The first-order valence-corrected chi connectivity index (χ1v) is 18.9. The number of aromatic nitrogens is 4. The Morgan fingerprint density at radius 1 is 0.926 bits per heavy atom. The number of amides is 1. The van der Waals surface area contributed by atoms with Crippen molar-refractivity contribution in [2.45, 2.75) is 39.0 Å². The van der Waals surface area contributed by atoms with Crippen molar-refractivity contribution in [1.29, 1.82) is 0 Å². The molecule has 54 heavy (non-hydrogen) atoms. The van der Waals surface area contributed by atoms with Crippen LogP contribution < -0.4 is 15.5 Å². The molecule has 2 N–H and O–H groups in total. The van der Waals surface area contributed by atoms with Gasteiger partial charge in [-0.25, -0.2) is 26.6 Å². The summed E-state index contributed by atoms with van der Waals surface area (Å²) in [4.78, 5) is 38.9. The molecule has 1 amide bonds. The summed E-state index contributed by atoms with van der Waals surface area (Å²) in [7, 11) is 1.56. The van der Waals surface area contributed by atoms with Gasteiger partial charge in [0.25, 0.3) is 0 Å². The van der Waals surface area contributed by atoms with Crippen LogP contribution in [0.1, 0.15) is 33.3 Å². The summed E-state index contributed by atoms with van der Waals surface area (Å²) >= 11 is 0. The molecular weight excluding hydrogens is 712 g/mol. The van der Waals surface area contributed by atoms with Crippen molar-refractivity contribution in [3.63, 3.8) is 0 Å². The summed E-state index contributed by atoms with van der Waals surface area (Å²) in [6.45, 7) is 7.79. The lowest BCUT2D eigenvalue weighted by molar-refractivity contribution is -0.114. The van der Waals surface area contributed by atoms with Gasteiger partial charge in [-0.3, -0.25) is 9.36 Å². The number of halogens is 1. The number of likely N-dealkylation sites (N-methyl/N-ethyl adjacent to an activating group) is 2. The highest BCUT2D eigenvalue weighted by Crippen LogP contribution is 2.37. The minimum Gasteiger partial charge on any atom is -0.443 e. The molecule has 6 aromatic rings. The number of nitrogens with one attached hydrogen (secondary N) is 2. The lowest BCUT2D eigenvalue weighted by atomic mass is 10.1. The first-order chi connectivity index (χ1) is 25.5. The van der Waals surface area contributed by atoms with E-state index < -0.39 is 33.4 Å². The largest absolute Gasteiger partial charge is 0.443 e. The van der Waals surface area contributed by atoms with E-state index in [0.29, 0.717) is 46.2 Å². The Balaban J connectivity index is 1.53. The number of carbonyl (C=O) groups excluding carboxylic acids is 2. The maximum Gasteiger partial charge on any atom is 0.419 e. The van der Waals surface area contributed by atoms with E-state index in [2.05, 4.69) is 15.6 Å². The smallest absolute Gasteiger partial charge is 0.419 e. The molecule has 0 saturated carbocycles. The fraction of sp³-hybridized carbons (Fsp3) is 0.282. The Bertz CT molecular complexity index is 2470.